The number of hydrogen-bond donors (Lipinski definition) is 1. The standard InChI is InChI=1S/C19H21ClN6O2/c20-15-3-1-14(2-4-15)13-21-16-5-6-17-22-23-18(26(17)24-16)7-8-19(27)25-9-11-28-12-10-25/h1-6H,7-13H2,(H,21,24). The van der Waals surface area contributed by atoms with E-state index in [1.807, 2.05) is 41.3 Å². The molecule has 0 bridgehead atoms. The molecule has 8 nitrogen and oxygen atoms in total. The SMILES string of the molecule is O=C(CCc1nnc2ccc(NCc3ccc(Cl)cc3)nn12)N1CCOCC1. The smallest absolute Gasteiger partial charge is 0.223 e. The Kier molecular flexibility index (Phi) is 5.68. The Bertz CT molecular complexity index is 953. The number of hydrogen-bond acceptors (Lipinski definition) is 6. The largest absolute Gasteiger partial charge is 0.378 e. The van der Waals surface area contributed by atoms with Crippen LogP contribution in [0.15, 0.2) is 36.4 Å². The molecule has 1 aliphatic heterocycles. The zero-order chi connectivity index (χ0) is 19.3. The lowest BCUT2D eigenvalue weighted by atomic mass is 10.2. The molecular weight excluding hydrogens is 380 g/mol. The molecule has 0 radical (unpaired) electrons. The minimum atomic E-state index is 0.108. The molecule has 28 heavy (non-hydrogen) atoms. The molecule has 1 fully saturated rings. The zero-order valence-corrected chi connectivity index (χ0v) is 16.1. The number of ether oxygens (including phenoxy) is 1. The van der Waals surface area contributed by atoms with Crippen LogP contribution >= 0.6 is 11.6 Å². The van der Waals surface area contributed by atoms with Gasteiger partial charge in [-0.3, -0.25) is 4.79 Å². The molecule has 0 aliphatic carbocycles. The van der Waals surface area contributed by atoms with Crippen molar-refractivity contribution in [2.45, 2.75) is 19.4 Å². The quantitative estimate of drug-likeness (QED) is 0.682. The molecule has 0 saturated carbocycles. The normalized spacial score (nSPS) is 14.4. The Morgan fingerprint density at radius 3 is 2.68 bits per heavy atom. The van der Waals surface area contributed by atoms with Crippen molar-refractivity contribution >= 4 is 29.0 Å². The summed E-state index contributed by atoms with van der Waals surface area (Å²) in [5, 5.41) is 16.9. The number of aryl methyl sites for hydroxylation is 1. The maximum absolute atomic E-state index is 12.4. The zero-order valence-electron chi connectivity index (χ0n) is 15.3. The van der Waals surface area contributed by atoms with Gasteiger partial charge in [-0.05, 0) is 29.8 Å². The van der Waals surface area contributed by atoms with E-state index in [1.165, 1.54) is 0 Å². The molecule has 146 valence electrons. The van der Waals surface area contributed by atoms with Crippen molar-refractivity contribution in [2.24, 2.45) is 0 Å². The summed E-state index contributed by atoms with van der Waals surface area (Å²) in [4.78, 5) is 14.2. The first-order valence-corrected chi connectivity index (χ1v) is 9.62. The van der Waals surface area contributed by atoms with Crippen LogP contribution in [0.3, 0.4) is 0 Å². The number of nitrogens with zero attached hydrogens (tertiary/aromatic N) is 5. The van der Waals surface area contributed by atoms with Crippen LogP contribution in [0.1, 0.15) is 17.8 Å². The van der Waals surface area contributed by atoms with Gasteiger partial charge in [0.25, 0.3) is 0 Å². The van der Waals surface area contributed by atoms with E-state index in [4.69, 9.17) is 16.3 Å². The maximum Gasteiger partial charge on any atom is 0.223 e. The van der Waals surface area contributed by atoms with Gasteiger partial charge in [-0.2, -0.15) is 4.52 Å². The van der Waals surface area contributed by atoms with E-state index >= 15 is 0 Å². The lowest BCUT2D eigenvalue weighted by Gasteiger charge is -2.26. The second kappa shape index (κ2) is 8.53. The van der Waals surface area contributed by atoms with E-state index in [-0.39, 0.29) is 5.91 Å². The Morgan fingerprint density at radius 1 is 1.11 bits per heavy atom. The first-order valence-electron chi connectivity index (χ1n) is 9.24. The lowest BCUT2D eigenvalue weighted by molar-refractivity contribution is -0.135. The summed E-state index contributed by atoms with van der Waals surface area (Å²) < 4.78 is 6.98. The Labute approximate surface area is 167 Å². The highest BCUT2D eigenvalue weighted by Crippen LogP contribution is 2.13. The minimum absolute atomic E-state index is 0.108. The van der Waals surface area contributed by atoms with E-state index in [1.54, 1.807) is 4.52 Å². The van der Waals surface area contributed by atoms with Crippen LogP contribution in [0.5, 0.6) is 0 Å². The number of amides is 1. The number of nitrogens with one attached hydrogen (secondary N) is 1. The summed E-state index contributed by atoms with van der Waals surface area (Å²) in [6.45, 7) is 3.13. The van der Waals surface area contributed by atoms with Crippen molar-refractivity contribution in [3.05, 3.63) is 52.8 Å². The fraction of sp³-hybridized carbons (Fsp3) is 0.368. The van der Waals surface area contributed by atoms with Crippen molar-refractivity contribution in [1.82, 2.24) is 24.7 Å². The molecule has 0 atom stereocenters. The summed E-state index contributed by atoms with van der Waals surface area (Å²) >= 11 is 5.92. The van der Waals surface area contributed by atoms with Crippen molar-refractivity contribution < 1.29 is 9.53 Å². The molecule has 1 saturated heterocycles. The number of aromatic nitrogens is 4. The average Bonchev–Trinajstić information content (AvgIpc) is 3.14. The van der Waals surface area contributed by atoms with Crippen LogP contribution in [-0.2, 0) is 22.5 Å². The number of carbonyl (C=O) groups excluding carboxylic acids is 1. The monoisotopic (exact) mass is 400 g/mol. The summed E-state index contributed by atoms with van der Waals surface area (Å²) in [6, 6.07) is 11.4. The summed E-state index contributed by atoms with van der Waals surface area (Å²) in [7, 11) is 0. The van der Waals surface area contributed by atoms with Crippen LogP contribution < -0.4 is 5.32 Å². The Morgan fingerprint density at radius 2 is 1.89 bits per heavy atom. The van der Waals surface area contributed by atoms with Gasteiger partial charge >= 0.3 is 0 Å². The highest BCUT2D eigenvalue weighted by Gasteiger charge is 2.18. The van der Waals surface area contributed by atoms with Gasteiger partial charge in [-0.15, -0.1) is 15.3 Å². The first kappa shape index (κ1) is 18.6. The van der Waals surface area contributed by atoms with Gasteiger partial charge in [0.2, 0.25) is 5.91 Å². The third-order valence-corrected chi connectivity index (χ3v) is 4.89. The predicted octanol–water partition coefficient (Wildman–Crippen LogP) is 2.18. The highest BCUT2D eigenvalue weighted by atomic mass is 35.5. The molecule has 3 aromatic rings. The molecule has 1 amide bonds. The third kappa shape index (κ3) is 4.40. The fourth-order valence-electron chi connectivity index (χ4n) is 3.07. The van der Waals surface area contributed by atoms with Crippen molar-refractivity contribution in [3.63, 3.8) is 0 Å². The van der Waals surface area contributed by atoms with Crippen LogP contribution in [0.25, 0.3) is 5.65 Å². The average molecular weight is 401 g/mol. The van der Waals surface area contributed by atoms with Crippen molar-refractivity contribution in [1.29, 1.82) is 0 Å². The number of fused-ring (bicyclic) bond motifs is 1. The number of anilines is 1. The number of benzene rings is 1. The summed E-state index contributed by atoms with van der Waals surface area (Å²) in [5.74, 6) is 1.49. The molecule has 0 spiro atoms. The van der Waals surface area contributed by atoms with Crippen LogP contribution in [0.4, 0.5) is 5.82 Å². The van der Waals surface area contributed by atoms with Crippen LogP contribution in [0, 0.1) is 0 Å². The van der Waals surface area contributed by atoms with Gasteiger partial charge in [0, 0.05) is 37.5 Å². The molecule has 1 aromatic carbocycles. The highest BCUT2D eigenvalue weighted by molar-refractivity contribution is 6.30. The third-order valence-electron chi connectivity index (χ3n) is 4.64. The van der Waals surface area contributed by atoms with E-state index in [9.17, 15) is 4.79 Å². The van der Waals surface area contributed by atoms with Gasteiger partial charge in [0.05, 0.1) is 13.2 Å². The van der Waals surface area contributed by atoms with Gasteiger partial charge in [0.1, 0.15) is 5.82 Å². The van der Waals surface area contributed by atoms with Crippen molar-refractivity contribution in [2.75, 3.05) is 31.6 Å². The molecule has 0 unspecified atom stereocenters. The van der Waals surface area contributed by atoms with Gasteiger partial charge in [0.15, 0.2) is 11.5 Å². The van der Waals surface area contributed by atoms with E-state index in [0.29, 0.717) is 68.0 Å². The van der Waals surface area contributed by atoms with E-state index in [2.05, 4.69) is 20.6 Å². The number of carbonyl (C=O) groups is 1. The minimum Gasteiger partial charge on any atom is -0.378 e. The molecule has 3 heterocycles. The molecule has 9 heteroatoms. The van der Waals surface area contributed by atoms with Crippen molar-refractivity contribution in [3.8, 4) is 0 Å². The molecule has 1 aliphatic rings. The number of rotatable bonds is 6. The van der Waals surface area contributed by atoms with Gasteiger partial charge in [-0.1, -0.05) is 23.7 Å². The summed E-state index contributed by atoms with van der Waals surface area (Å²) in [5.41, 5.74) is 1.76. The first-order chi connectivity index (χ1) is 13.7. The van der Waals surface area contributed by atoms with E-state index < -0.39 is 0 Å². The maximum atomic E-state index is 12.4. The molecular formula is C19H21ClN6O2. The van der Waals surface area contributed by atoms with Crippen LogP contribution in [-0.4, -0.2) is 56.9 Å². The van der Waals surface area contributed by atoms with Crippen LogP contribution in [0.2, 0.25) is 5.02 Å². The molecule has 4 rings (SSSR count). The van der Waals surface area contributed by atoms with E-state index in [0.717, 1.165) is 5.56 Å². The number of halogens is 1. The van der Waals surface area contributed by atoms with Gasteiger partial charge in [-0.25, -0.2) is 0 Å². The van der Waals surface area contributed by atoms with Gasteiger partial charge < -0.3 is 15.0 Å². The molecule has 1 N–H and O–H groups in total. The number of morpholine rings is 1. The Balaban J connectivity index is 1.40. The fourth-order valence-corrected chi connectivity index (χ4v) is 3.19. The Hall–Kier alpha value is -2.71. The molecule has 2 aromatic heterocycles. The second-order valence-corrected chi connectivity index (χ2v) is 7.01. The topological polar surface area (TPSA) is 84.7 Å². The predicted molar refractivity (Wildman–Crippen MR) is 105 cm³/mol. The second-order valence-electron chi connectivity index (χ2n) is 6.58. The summed E-state index contributed by atoms with van der Waals surface area (Å²) in [6.07, 6.45) is 0.871. The lowest BCUT2D eigenvalue weighted by Crippen LogP contribution is -2.40.